The van der Waals surface area contributed by atoms with Crippen LogP contribution in [-0.4, -0.2) is 65.3 Å². The van der Waals surface area contributed by atoms with E-state index in [4.69, 9.17) is 10.2 Å². The van der Waals surface area contributed by atoms with Gasteiger partial charge in [-0.2, -0.15) is 0 Å². The smallest absolute Gasteiger partial charge is 0.326 e. The summed E-state index contributed by atoms with van der Waals surface area (Å²) in [5.74, 6) is -2.65. The first kappa shape index (κ1) is 18.2. The van der Waals surface area contributed by atoms with Gasteiger partial charge in [-0.05, 0) is 26.1 Å². The highest BCUT2D eigenvalue weighted by Gasteiger charge is 2.22. The number of carboxylic acids is 2. The Morgan fingerprint density at radius 3 is 2.20 bits per heavy atom. The number of hydrogen-bond acceptors (Lipinski definition) is 4. The van der Waals surface area contributed by atoms with Gasteiger partial charge in [0.25, 0.3) is 0 Å². The molecule has 116 valence electrons. The average Bonchev–Trinajstić information content (AvgIpc) is 2.37. The van der Waals surface area contributed by atoms with Crippen LogP contribution < -0.4 is 10.6 Å². The van der Waals surface area contributed by atoms with Gasteiger partial charge < -0.3 is 25.7 Å². The molecule has 0 spiro atoms. The quantitative estimate of drug-likeness (QED) is 0.418. The van der Waals surface area contributed by atoms with Crippen LogP contribution in [0.4, 0.5) is 4.79 Å². The summed E-state index contributed by atoms with van der Waals surface area (Å²) in [4.78, 5) is 34.8. The van der Waals surface area contributed by atoms with Gasteiger partial charge >= 0.3 is 18.0 Å². The Kier molecular flexibility index (Phi) is 9.10. The lowest BCUT2D eigenvalue weighted by atomic mass is 10.2. The van der Waals surface area contributed by atoms with Gasteiger partial charge in [-0.3, -0.25) is 4.79 Å². The molecule has 20 heavy (non-hydrogen) atoms. The van der Waals surface area contributed by atoms with E-state index in [1.54, 1.807) is 0 Å². The van der Waals surface area contributed by atoms with Gasteiger partial charge in [-0.25, -0.2) is 9.59 Å². The number of aliphatic carboxylic acids is 2. The lowest BCUT2D eigenvalue weighted by molar-refractivity contribution is -0.145. The molecule has 2 amide bonds. The van der Waals surface area contributed by atoms with Crippen LogP contribution in [0.2, 0.25) is 0 Å². The third-order valence-corrected chi connectivity index (χ3v) is 2.81. The lowest BCUT2D eigenvalue weighted by Crippen LogP contribution is -2.47. The summed E-state index contributed by atoms with van der Waals surface area (Å²) in [6.45, 7) is 7.21. The van der Waals surface area contributed by atoms with Crippen molar-refractivity contribution in [3.63, 3.8) is 0 Å². The maximum absolute atomic E-state index is 11.4. The van der Waals surface area contributed by atoms with E-state index in [0.29, 0.717) is 6.54 Å². The van der Waals surface area contributed by atoms with Crippen LogP contribution in [-0.2, 0) is 9.59 Å². The average molecular weight is 289 g/mol. The van der Waals surface area contributed by atoms with E-state index in [1.165, 1.54) is 0 Å². The van der Waals surface area contributed by atoms with Gasteiger partial charge in [0.1, 0.15) is 6.04 Å². The van der Waals surface area contributed by atoms with Crippen molar-refractivity contribution >= 4 is 18.0 Å². The summed E-state index contributed by atoms with van der Waals surface area (Å²) in [5.41, 5.74) is 0. The van der Waals surface area contributed by atoms with Gasteiger partial charge in [0, 0.05) is 6.54 Å². The molecule has 0 aliphatic carbocycles. The number of carbonyl (C=O) groups is 3. The first-order valence-electron chi connectivity index (χ1n) is 6.62. The van der Waals surface area contributed by atoms with Crippen LogP contribution >= 0.6 is 0 Å². The number of carboxylic acid groups (broad SMARTS) is 2. The van der Waals surface area contributed by atoms with Crippen LogP contribution in [0.3, 0.4) is 0 Å². The molecule has 0 saturated carbocycles. The number of rotatable bonds is 10. The zero-order valence-electron chi connectivity index (χ0n) is 11.9. The fraction of sp³-hybridized carbons (Fsp3) is 0.750. The standard InChI is InChI=1S/C12H23N3O5/c1-3-15(4-2)7-5-6-13-12(20)14-9(11(18)19)8-10(16)17/h9H,3-8H2,1-2H3,(H,16,17)(H,18,19)(H2,13,14,20). The van der Waals surface area contributed by atoms with E-state index >= 15 is 0 Å². The molecular weight excluding hydrogens is 266 g/mol. The van der Waals surface area contributed by atoms with Crippen molar-refractivity contribution < 1.29 is 24.6 Å². The Morgan fingerprint density at radius 2 is 1.75 bits per heavy atom. The Bertz CT molecular complexity index is 331. The van der Waals surface area contributed by atoms with Gasteiger partial charge in [0.2, 0.25) is 0 Å². The monoisotopic (exact) mass is 289 g/mol. The summed E-state index contributed by atoms with van der Waals surface area (Å²) in [6, 6.07) is -2.09. The molecule has 0 rings (SSSR count). The molecule has 0 aromatic heterocycles. The second-order valence-corrected chi connectivity index (χ2v) is 4.27. The summed E-state index contributed by atoms with van der Waals surface area (Å²) in [5, 5.41) is 21.9. The second-order valence-electron chi connectivity index (χ2n) is 4.27. The van der Waals surface area contributed by atoms with Crippen molar-refractivity contribution in [2.75, 3.05) is 26.2 Å². The summed E-state index contributed by atoms with van der Waals surface area (Å²) >= 11 is 0. The highest BCUT2D eigenvalue weighted by molar-refractivity contribution is 5.86. The molecule has 0 aliphatic heterocycles. The van der Waals surface area contributed by atoms with Gasteiger partial charge in [0.15, 0.2) is 0 Å². The Morgan fingerprint density at radius 1 is 1.15 bits per heavy atom. The molecule has 8 heteroatoms. The number of urea groups is 1. The van der Waals surface area contributed by atoms with E-state index in [9.17, 15) is 14.4 Å². The molecule has 1 unspecified atom stereocenters. The molecule has 0 aromatic rings. The van der Waals surface area contributed by atoms with Gasteiger partial charge in [-0.15, -0.1) is 0 Å². The maximum atomic E-state index is 11.4. The maximum Gasteiger partial charge on any atom is 0.326 e. The Hall–Kier alpha value is -1.83. The topological polar surface area (TPSA) is 119 Å². The van der Waals surface area contributed by atoms with E-state index in [2.05, 4.69) is 15.5 Å². The third-order valence-electron chi connectivity index (χ3n) is 2.81. The first-order chi connectivity index (χ1) is 9.40. The van der Waals surface area contributed by atoms with E-state index in [1.807, 2.05) is 13.8 Å². The SMILES string of the molecule is CCN(CC)CCCNC(=O)NC(CC(=O)O)C(=O)O. The minimum absolute atomic E-state index is 0.405. The molecule has 0 heterocycles. The molecular formula is C12H23N3O5. The summed E-state index contributed by atoms with van der Waals surface area (Å²) in [7, 11) is 0. The number of amides is 2. The van der Waals surface area contributed by atoms with Crippen LogP contribution in [0.1, 0.15) is 26.7 Å². The molecule has 0 saturated heterocycles. The highest BCUT2D eigenvalue weighted by atomic mass is 16.4. The predicted molar refractivity (Wildman–Crippen MR) is 72.6 cm³/mol. The number of hydrogen-bond donors (Lipinski definition) is 4. The molecule has 0 radical (unpaired) electrons. The van der Waals surface area contributed by atoms with Crippen LogP contribution in [0.25, 0.3) is 0 Å². The van der Waals surface area contributed by atoms with Crippen molar-refractivity contribution in [1.29, 1.82) is 0 Å². The molecule has 0 fully saturated rings. The number of nitrogens with one attached hydrogen (secondary N) is 2. The fourth-order valence-corrected chi connectivity index (χ4v) is 1.63. The van der Waals surface area contributed by atoms with E-state index in [0.717, 1.165) is 26.1 Å². The molecule has 1 atom stereocenters. The van der Waals surface area contributed by atoms with Crippen molar-refractivity contribution in [3.8, 4) is 0 Å². The number of carbonyl (C=O) groups excluding carboxylic acids is 1. The minimum atomic E-state index is -1.42. The summed E-state index contributed by atoms with van der Waals surface area (Å²) < 4.78 is 0. The molecule has 0 aliphatic rings. The van der Waals surface area contributed by atoms with Crippen molar-refractivity contribution in [2.24, 2.45) is 0 Å². The summed E-state index contributed by atoms with van der Waals surface area (Å²) in [6.07, 6.45) is 0.0912. The zero-order chi connectivity index (χ0) is 15.5. The van der Waals surface area contributed by atoms with Crippen molar-refractivity contribution in [1.82, 2.24) is 15.5 Å². The van der Waals surface area contributed by atoms with Crippen LogP contribution in [0.15, 0.2) is 0 Å². The van der Waals surface area contributed by atoms with Crippen molar-refractivity contribution in [2.45, 2.75) is 32.7 Å². The molecule has 8 nitrogen and oxygen atoms in total. The Labute approximate surface area is 118 Å². The zero-order valence-corrected chi connectivity index (χ0v) is 11.9. The molecule has 0 bridgehead atoms. The van der Waals surface area contributed by atoms with Crippen molar-refractivity contribution in [3.05, 3.63) is 0 Å². The fourth-order valence-electron chi connectivity index (χ4n) is 1.63. The third kappa shape index (κ3) is 8.30. The van der Waals surface area contributed by atoms with Crippen LogP contribution in [0, 0.1) is 0 Å². The number of nitrogens with zero attached hydrogens (tertiary/aromatic N) is 1. The first-order valence-corrected chi connectivity index (χ1v) is 6.62. The van der Waals surface area contributed by atoms with E-state index in [-0.39, 0.29) is 0 Å². The highest BCUT2D eigenvalue weighted by Crippen LogP contribution is 1.93. The van der Waals surface area contributed by atoms with E-state index < -0.39 is 30.4 Å². The Balaban J connectivity index is 3.96. The predicted octanol–water partition coefficient (Wildman–Crippen LogP) is -0.0546. The molecule has 4 N–H and O–H groups in total. The largest absolute Gasteiger partial charge is 0.481 e. The lowest BCUT2D eigenvalue weighted by Gasteiger charge is -2.18. The second kappa shape index (κ2) is 10.0. The normalized spacial score (nSPS) is 11.9. The minimum Gasteiger partial charge on any atom is -0.481 e. The van der Waals surface area contributed by atoms with Gasteiger partial charge in [0.05, 0.1) is 6.42 Å². The molecule has 0 aromatic carbocycles. The van der Waals surface area contributed by atoms with Crippen LogP contribution in [0.5, 0.6) is 0 Å². The van der Waals surface area contributed by atoms with Gasteiger partial charge in [-0.1, -0.05) is 13.8 Å².